The van der Waals surface area contributed by atoms with Crippen LogP contribution in [0.4, 0.5) is 0 Å². The molecule has 0 aliphatic carbocycles. The maximum absolute atomic E-state index is 11.9. The summed E-state index contributed by atoms with van der Waals surface area (Å²) in [5.41, 5.74) is 2.71. The Morgan fingerprint density at radius 3 is 2.17 bits per heavy atom. The zero-order chi connectivity index (χ0) is 21.5. The molecule has 0 bridgehead atoms. The van der Waals surface area contributed by atoms with Gasteiger partial charge < -0.3 is 14.6 Å². The number of unbranched alkanes of at least 4 members (excludes halogenated alkanes) is 8. The van der Waals surface area contributed by atoms with Crippen LogP contribution in [-0.2, 0) is 4.79 Å². The molecule has 0 aliphatic heterocycles. The number of methoxy groups -OCH3 is 2. The summed E-state index contributed by atoms with van der Waals surface area (Å²) in [7, 11) is 2.81. The predicted octanol–water partition coefficient (Wildman–Crippen LogP) is 4.77. The smallest absolute Gasteiger partial charge is 0.340 e. The van der Waals surface area contributed by atoms with Gasteiger partial charge >= 0.3 is 5.97 Å². The predicted molar refractivity (Wildman–Crippen MR) is 114 cm³/mol. The van der Waals surface area contributed by atoms with Gasteiger partial charge in [0.15, 0.2) is 11.5 Å². The molecule has 2 N–H and O–H groups in total. The lowest BCUT2D eigenvalue weighted by atomic mass is 10.1. The van der Waals surface area contributed by atoms with E-state index in [1.165, 1.54) is 59.0 Å². The summed E-state index contributed by atoms with van der Waals surface area (Å²) in [4.78, 5) is 23.5. The number of nitrogens with one attached hydrogen (secondary N) is 1. The quantitative estimate of drug-likeness (QED) is 0.248. The highest BCUT2D eigenvalue weighted by atomic mass is 16.5. The number of carbonyl (C=O) groups is 2. The standard InChI is InChI=1S/C22H34N2O5/c1-4-5-6-7-8-9-10-11-12-13-19(25)24-23-16-17-14-15-18(28-2)21(29-3)20(17)22(26)27/h14-16H,4-13H2,1-3H3,(H,24,25)(H,26,27). The van der Waals surface area contributed by atoms with Gasteiger partial charge in [-0.15, -0.1) is 0 Å². The van der Waals surface area contributed by atoms with E-state index in [0.29, 0.717) is 17.7 Å². The van der Waals surface area contributed by atoms with Crippen LogP contribution in [-0.4, -0.2) is 37.4 Å². The number of benzene rings is 1. The third kappa shape index (κ3) is 8.98. The Hall–Kier alpha value is -2.57. The Balaban J connectivity index is 2.41. The van der Waals surface area contributed by atoms with Crippen molar-refractivity contribution in [3.8, 4) is 11.5 Å². The third-order valence-electron chi connectivity index (χ3n) is 4.69. The molecule has 0 unspecified atom stereocenters. The molecule has 0 fully saturated rings. The highest BCUT2D eigenvalue weighted by Gasteiger charge is 2.20. The van der Waals surface area contributed by atoms with Crippen LogP contribution < -0.4 is 14.9 Å². The van der Waals surface area contributed by atoms with E-state index in [2.05, 4.69) is 17.5 Å². The number of hydrazone groups is 1. The molecule has 29 heavy (non-hydrogen) atoms. The molecule has 0 radical (unpaired) electrons. The Labute approximate surface area is 173 Å². The van der Waals surface area contributed by atoms with Crippen molar-refractivity contribution < 1.29 is 24.2 Å². The maximum atomic E-state index is 11.9. The van der Waals surface area contributed by atoms with E-state index in [1.807, 2.05) is 0 Å². The average Bonchev–Trinajstić information content (AvgIpc) is 2.71. The first-order valence-electron chi connectivity index (χ1n) is 10.3. The lowest BCUT2D eigenvalue weighted by Crippen LogP contribution is -2.17. The molecule has 1 amide bonds. The summed E-state index contributed by atoms with van der Waals surface area (Å²) in [6.45, 7) is 2.22. The number of rotatable bonds is 15. The van der Waals surface area contributed by atoms with Gasteiger partial charge in [0, 0.05) is 12.0 Å². The normalized spacial score (nSPS) is 10.9. The highest BCUT2D eigenvalue weighted by molar-refractivity contribution is 6.02. The molecule has 0 spiro atoms. The molecule has 1 aromatic carbocycles. The minimum Gasteiger partial charge on any atom is -0.493 e. The van der Waals surface area contributed by atoms with Crippen LogP contribution in [0.2, 0.25) is 0 Å². The fourth-order valence-electron chi connectivity index (χ4n) is 3.10. The summed E-state index contributed by atoms with van der Waals surface area (Å²) in [6, 6.07) is 3.15. The van der Waals surface area contributed by atoms with Gasteiger partial charge in [0.25, 0.3) is 0 Å². The van der Waals surface area contributed by atoms with E-state index in [1.54, 1.807) is 12.1 Å². The lowest BCUT2D eigenvalue weighted by molar-refractivity contribution is -0.121. The Bertz CT molecular complexity index is 673. The number of aromatic carboxylic acids is 1. The van der Waals surface area contributed by atoms with E-state index < -0.39 is 5.97 Å². The van der Waals surface area contributed by atoms with Gasteiger partial charge in [-0.05, 0) is 18.6 Å². The van der Waals surface area contributed by atoms with Crippen LogP contribution in [0.5, 0.6) is 11.5 Å². The Morgan fingerprint density at radius 1 is 1.00 bits per heavy atom. The fourth-order valence-corrected chi connectivity index (χ4v) is 3.10. The van der Waals surface area contributed by atoms with Gasteiger partial charge in [0.1, 0.15) is 5.56 Å². The van der Waals surface area contributed by atoms with Gasteiger partial charge in [0.2, 0.25) is 5.91 Å². The van der Waals surface area contributed by atoms with Crippen molar-refractivity contribution in [1.29, 1.82) is 0 Å². The second kappa shape index (κ2) is 14.4. The number of hydrogen-bond donors (Lipinski definition) is 2. The molecule has 0 saturated carbocycles. The minimum absolute atomic E-state index is 0.0659. The monoisotopic (exact) mass is 406 g/mol. The van der Waals surface area contributed by atoms with Crippen molar-refractivity contribution in [3.63, 3.8) is 0 Å². The second-order valence-electron chi connectivity index (χ2n) is 6.94. The van der Waals surface area contributed by atoms with E-state index >= 15 is 0 Å². The van der Waals surface area contributed by atoms with Gasteiger partial charge in [0.05, 0.1) is 20.4 Å². The molecule has 0 saturated heterocycles. The molecule has 0 atom stereocenters. The first-order chi connectivity index (χ1) is 14.0. The highest BCUT2D eigenvalue weighted by Crippen LogP contribution is 2.32. The van der Waals surface area contributed by atoms with Crippen LogP contribution >= 0.6 is 0 Å². The molecular weight excluding hydrogens is 372 g/mol. The van der Waals surface area contributed by atoms with Crippen LogP contribution in [0.3, 0.4) is 0 Å². The summed E-state index contributed by atoms with van der Waals surface area (Å²) < 4.78 is 10.3. The van der Waals surface area contributed by atoms with E-state index in [-0.39, 0.29) is 17.2 Å². The maximum Gasteiger partial charge on any atom is 0.340 e. The molecule has 0 aliphatic rings. The third-order valence-corrected chi connectivity index (χ3v) is 4.69. The summed E-state index contributed by atoms with van der Waals surface area (Å²) in [5.74, 6) is -0.911. The van der Waals surface area contributed by atoms with Crippen molar-refractivity contribution >= 4 is 18.1 Å². The van der Waals surface area contributed by atoms with Crippen molar-refractivity contribution in [2.75, 3.05) is 14.2 Å². The molecular formula is C22H34N2O5. The molecule has 0 aromatic heterocycles. The van der Waals surface area contributed by atoms with Gasteiger partial charge in [-0.25, -0.2) is 10.2 Å². The first-order valence-corrected chi connectivity index (χ1v) is 10.3. The minimum atomic E-state index is -1.16. The molecule has 0 heterocycles. The number of carboxylic acids is 1. The number of nitrogens with zero attached hydrogens (tertiary/aromatic N) is 1. The number of carbonyl (C=O) groups excluding carboxylic acids is 1. The second-order valence-corrected chi connectivity index (χ2v) is 6.94. The topological polar surface area (TPSA) is 97.2 Å². The zero-order valence-electron chi connectivity index (χ0n) is 17.8. The summed E-state index contributed by atoms with van der Waals surface area (Å²) in [6.07, 6.45) is 12.4. The lowest BCUT2D eigenvalue weighted by Gasteiger charge is -2.12. The van der Waals surface area contributed by atoms with Crippen molar-refractivity contribution in [2.24, 2.45) is 5.10 Å². The van der Waals surface area contributed by atoms with Crippen LogP contribution in [0.1, 0.15) is 87.1 Å². The average molecular weight is 407 g/mol. The number of hydrogen-bond acceptors (Lipinski definition) is 5. The Morgan fingerprint density at radius 2 is 1.62 bits per heavy atom. The van der Waals surface area contributed by atoms with Crippen LogP contribution in [0.15, 0.2) is 17.2 Å². The zero-order valence-corrected chi connectivity index (χ0v) is 17.8. The largest absolute Gasteiger partial charge is 0.493 e. The molecule has 162 valence electrons. The van der Waals surface area contributed by atoms with Gasteiger partial charge in [-0.2, -0.15) is 5.10 Å². The van der Waals surface area contributed by atoms with Crippen LogP contribution in [0, 0.1) is 0 Å². The molecule has 1 rings (SSSR count). The van der Waals surface area contributed by atoms with E-state index in [4.69, 9.17) is 9.47 Å². The van der Waals surface area contributed by atoms with E-state index in [0.717, 1.165) is 19.3 Å². The van der Waals surface area contributed by atoms with Crippen LogP contribution in [0.25, 0.3) is 0 Å². The van der Waals surface area contributed by atoms with Gasteiger partial charge in [-0.3, -0.25) is 4.79 Å². The van der Waals surface area contributed by atoms with Crippen molar-refractivity contribution in [2.45, 2.75) is 71.1 Å². The molecule has 7 heteroatoms. The van der Waals surface area contributed by atoms with Gasteiger partial charge in [-0.1, -0.05) is 58.3 Å². The number of ether oxygens (including phenoxy) is 2. The molecule has 1 aromatic rings. The van der Waals surface area contributed by atoms with E-state index in [9.17, 15) is 14.7 Å². The fraction of sp³-hybridized carbons (Fsp3) is 0.591. The summed E-state index contributed by atoms with van der Waals surface area (Å²) >= 11 is 0. The number of amides is 1. The Kier molecular flexibility index (Phi) is 12.2. The number of carboxylic acid groups (broad SMARTS) is 1. The first kappa shape index (κ1) is 24.5. The summed E-state index contributed by atoms with van der Waals surface area (Å²) in [5, 5.41) is 13.4. The molecule has 7 nitrogen and oxygen atoms in total. The SMILES string of the molecule is CCCCCCCCCCCC(=O)NN=Cc1ccc(OC)c(OC)c1C(=O)O. The van der Waals surface area contributed by atoms with Crippen molar-refractivity contribution in [1.82, 2.24) is 5.43 Å². The van der Waals surface area contributed by atoms with Crippen molar-refractivity contribution in [3.05, 3.63) is 23.3 Å².